The number of carbonyl (C=O) groups excluding carboxylic acids is 2. The molecular formula is C18H17BrO3. The molecule has 2 aromatic carbocycles. The zero-order valence-electron chi connectivity index (χ0n) is 12.7. The van der Waals surface area contributed by atoms with Crippen LogP contribution in [-0.2, 0) is 4.74 Å². The fourth-order valence-corrected chi connectivity index (χ4v) is 2.32. The molecule has 2 rings (SSSR count). The molecular weight excluding hydrogens is 344 g/mol. The van der Waals surface area contributed by atoms with E-state index in [0.29, 0.717) is 11.1 Å². The van der Waals surface area contributed by atoms with Crippen LogP contribution in [0.2, 0.25) is 0 Å². The molecule has 0 radical (unpaired) electrons. The number of halogens is 1. The average molecular weight is 361 g/mol. The largest absolute Gasteiger partial charge is 0.456 e. The molecule has 22 heavy (non-hydrogen) atoms. The van der Waals surface area contributed by atoms with Crippen LogP contribution >= 0.6 is 15.9 Å². The van der Waals surface area contributed by atoms with Gasteiger partial charge in [0.2, 0.25) is 0 Å². The summed E-state index contributed by atoms with van der Waals surface area (Å²) in [6, 6.07) is 13.8. The Balaban J connectivity index is 2.45. The Morgan fingerprint density at radius 3 is 2.18 bits per heavy atom. The standard InChI is InChI=1S/C18H17BrO3/c1-18(2,3)22-17(21)14-10-9-13(19)11-15(14)16(20)12-7-5-4-6-8-12/h4-11H,1-3H3. The van der Waals surface area contributed by atoms with Crippen LogP contribution in [0.15, 0.2) is 53.0 Å². The highest BCUT2D eigenvalue weighted by molar-refractivity contribution is 9.10. The van der Waals surface area contributed by atoms with Crippen LogP contribution in [0.4, 0.5) is 0 Å². The molecule has 2 aromatic rings. The van der Waals surface area contributed by atoms with E-state index in [0.717, 1.165) is 4.47 Å². The van der Waals surface area contributed by atoms with Gasteiger partial charge in [-0.2, -0.15) is 0 Å². The normalized spacial score (nSPS) is 11.1. The SMILES string of the molecule is CC(C)(C)OC(=O)c1ccc(Br)cc1C(=O)c1ccccc1. The fraction of sp³-hybridized carbons (Fsp3) is 0.222. The summed E-state index contributed by atoms with van der Waals surface area (Å²) in [7, 11) is 0. The van der Waals surface area contributed by atoms with Crippen LogP contribution < -0.4 is 0 Å². The second-order valence-electron chi connectivity index (χ2n) is 5.89. The highest BCUT2D eigenvalue weighted by Gasteiger charge is 2.23. The smallest absolute Gasteiger partial charge is 0.339 e. The van der Waals surface area contributed by atoms with Crippen molar-refractivity contribution in [1.29, 1.82) is 0 Å². The molecule has 114 valence electrons. The first-order valence-corrected chi connectivity index (χ1v) is 7.70. The summed E-state index contributed by atoms with van der Waals surface area (Å²) in [6.45, 7) is 5.38. The third-order valence-corrected chi connectivity index (χ3v) is 3.37. The van der Waals surface area contributed by atoms with Crippen LogP contribution in [0, 0.1) is 0 Å². The number of ether oxygens (including phenoxy) is 1. The van der Waals surface area contributed by atoms with Gasteiger partial charge in [0.15, 0.2) is 5.78 Å². The molecule has 0 aliphatic rings. The van der Waals surface area contributed by atoms with Gasteiger partial charge in [-0.05, 0) is 39.0 Å². The fourth-order valence-electron chi connectivity index (χ4n) is 1.96. The Bertz CT molecular complexity index is 700. The molecule has 0 N–H and O–H groups in total. The van der Waals surface area contributed by atoms with Crippen LogP contribution in [0.5, 0.6) is 0 Å². The van der Waals surface area contributed by atoms with E-state index in [1.807, 2.05) is 6.07 Å². The minimum absolute atomic E-state index is 0.206. The van der Waals surface area contributed by atoms with E-state index in [1.165, 1.54) is 0 Å². The van der Waals surface area contributed by atoms with E-state index in [1.54, 1.807) is 63.2 Å². The van der Waals surface area contributed by atoms with Crippen molar-refractivity contribution >= 4 is 27.7 Å². The number of benzene rings is 2. The van der Waals surface area contributed by atoms with Crippen molar-refractivity contribution in [2.45, 2.75) is 26.4 Å². The molecule has 0 saturated carbocycles. The Labute approximate surface area is 138 Å². The minimum atomic E-state index is -0.614. The summed E-state index contributed by atoms with van der Waals surface area (Å²) in [6.07, 6.45) is 0. The van der Waals surface area contributed by atoms with Gasteiger partial charge in [-0.1, -0.05) is 46.3 Å². The molecule has 3 nitrogen and oxygen atoms in total. The predicted molar refractivity (Wildman–Crippen MR) is 89.2 cm³/mol. The predicted octanol–water partition coefficient (Wildman–Crippen LogP) is 4.64. The third kappa shape index (κ3) is 4.04. The lowest BCUT2D eigenvalue weighted by atomic mass is 9.98. The maximum Gasteiger partial charge on any atom is 0.339 e. The monoisotopic (exact) mass is 360 g/mol. The van der Waals surface area contributed by atoms with Gasteiger partial charge in [0.05, 0.1) is 5.56 Å². The molecule has 0 bridgehead atoms. The summed E-state index contributed by atoms with van der Waals surface area (Å²) in [5, 5.41) is 0. The molecule has 0 saturated heterocycles. The lowest BCUT2D eigenvalue weighted by Crippen LogP contribution is -2.25. The highest BCUT2D eigenvalue weighted by Crippen LogP contribution is 2.22. The highest BCUT2D eigenvalue weighted by atomic mass is 79.9. The lowest BCUT2D eigenvalue weighted by Gasteiger charge is -2.20. The Hall–Kier alpha value is -1.94. The van der Waals surface area contributed by atoms with Crippen molar-refractivity contribution in [3.05, 3.63) is 69.7 Å². The van der Waals surface area contributed by atoms with Gasteiger partial charge < -0.3 is 4.74 Å². The van der Waals surface area contributed by atoms with E-state index in [4.69, 9.17) is 4.74 Å². The van der Waals surface area contributed by atoms with Crippen molar-refractivity contribution in [2.75, 3.05) is 0 Å². The maximum absolute atomic E-state index is 12.7. The molecule has 0 aliphatic heterocycles. The van der Waals surface area contributed by atoms with Crippen molar-refractivity contribution in [1.82, 2.24) is 0 Å². The van der Waals surface area contributed by atoms with Gasteiger partial charge in [-0.15, -0.1) is 0 Å². The molecule has 4 heteroatoms. The quantitative estimate of drug-likeness (QED) is 0.591. The van der Waals surface area contributed by atoms with Crippen LogP contribution in [0.3, 0.4) is 0 Å². The summed E-state index contributed by atoms with van der Waals surface area (Å²) in [4.78, 5) is 25.0. The number of carbonyl (C=O) groups is 2. The molecule has 0 fully saturated rings. The number of rotatable bonds is 3. The maximum atomic E-state index is 12.7. The molecule has 0 unspecified atom stereocenters. The van der Waals surface area contributed by atoms with Crippen molar-refractivity contribution < 1.29 is 14.3 Å². The van der Waals surface area contributed by atoms with Gasteiger partial charge in [-0.3, -0.25) is 4.79 Å². The molecule has 0 aromatic heterocycles. The summed E-state index contributed by atoms with van der Waals surface area (Å²) >= 11 is 3.34. The molecule has 0 atom stereocenters. The number of hydrogen-bond donors (Lipinski definition) is 0. The Kier molecular flexibility index (Phi) is 4.81. The third-order valence-electron chi connectivity index (χ3n) is 2.88. The van der Waals surface area contributed by atoms with Gasteiger partial charge in [-0.25, -0.2) is 4.79 Å². The summed E-state index contributed by atoms with van der Waals surface area (Å²) in [5.41, 5.74) is 0.518. The van der Waals surface area contributed by atoms with E-state index in [2.05, 4.69) is 15.9 Å². The second kappa shape index (κ2) is 6.44. The van der Waals surface area contributed by atoms with Crippen molar-refractivity contribution in [2.24, 2.45) is 0 Å². The van der Waals surface area contributed by atoms with E-state index < -0.39 is 11.6 Å². The number of hydrogen-bond acceptors (Lipinski definition) is 3. The first-order valence-electron chi connectivity index (χ1n) is 6.90. The van der Waals surface area contributed by atoms with Crippen molar-refractivity contribution in [3.63, 3.8) is 0 Å². The Morgan fingerprint density at radius 2 is 1.59 bits per heavy atom. The second-order valence-corrected chi connectivity index (χ2v) is 6.80. The van der Waals surface area contributed by atoms with Gasteiger partial charge in [0.25, 0.3) is 0 Å². The van der Waals surface area contributed by atoms with Crippen LogP contribution in [-0.4, -0.2) is 17.4 Å². The minimum Gasteiger partial charge on any atom is -0.456 e. The van der Waals surface area contributed by atoms with Crippen LogP contribution in [0.25, 0.3) is 0 Å². The topological polar surface area (TPSA) is 43.4 Å². The van der Waals surface area contributed by atoms with E-state index in [-0.39, 0.29) is 11.3 Å². The summed E-state index contributed by atoms with van der Waals surface area (Å²) < 4.78 is 6.12. The van der Waals surface area contributed by atoms with Crippen LogP contribution in [0.1, 0.15) is 47.1 Å². The van der Waals surface area contributed by atoms with Gasteiger partial charge in [0, 0.05) is 15.6 Å². The lowest BCUT2D eigenvalue weighted by molar-refractivity contribution is 0.00679. The molecule has 0 heterocycles. The Morgan fingerprint density at radius 1 is 0.955 bits per heavy atom. The van der Waals surface area contributed by atoms with Gasteiger partial charge in [0.1, 0.15) is 5.60 Å². The van der Waals surface area contributed by atoms with E-state index >= 15 is 0 Å². The first kappa shape index (κ1) is 16.4. The molecule has 0 aliphatic carbocycles. The van der Waals surface area contributed by atoms with E-state index in [9.17, 15) is 9.59 Å². The molecule has 0 amide bonds. The molecule has 0 spiro atoms. The zero-order valence-corrected chi connectivity index (χ0v) is 14.3. The summed E-state index contributed by atoms with van der Waals surface area (Å²) in [5.74, 6) is -0.706. The van der Waals surface area contributed by atoms with Gasteiger partial charge >= 0.3 is 5.97 Å². The average Bonchev–Trinajstić information content (AvgIpc) is 2.45. The number of esters is 1. The zero-order chi connectivity index (χ0) is 16.3. The first-order chi connectivity index (χ1) is 10.3. The van der Waals surface area contributed by atoms with Crippen molar-refractivity contribution in [3.8, 4) is 0 Å². The number of ketones is 1.